The van der Waals surface area contributed by atoms with Gasteiger partial charge in [-0.3, -0.25) is 0 Å². The van der Waals surface area contributed by atoms with Gasteiger partial charge in [-0.2, -0.15) is 4.98 Å². The summed E-state index contributed by atoms with van der Waals surface area (Å²) in [5.41, 5.74) is 7.65. The number of hydrogen-bond donors (Lipinski definition) is 1. The minimum Gasteiger partial charge on any atom is -0.485 e. The average molecular weight is 298 g/mol. The van der Waals surface area contributed by atoms with E-state index in [1.54, 1.807) is 0 Å². The Morgan fingerprint density at radius 3 is 2.94 bits per heavy atom. The van der Waals surface area contributed by atoms with E-state index < -0.39 is 0 Å². The smallest absolute Gasteiger partial charge is 0.213 e. The number of rotatable bonds is 4. The molecular formula is C11H12BrN3O2. The molecule has 0 saturated heterocycles. The molecule has 0 unspecified atom stereocenters. The Balaban J connectivity index is 2.19. The second-order valence-corrected chi connectivity index (χ2v) is 4.47. The first-order valence-electron chi connectivity index (χ1n) is 5.08. The molecule has 2 rings (SSSR count). The second-order valence-electron chi connectivity index (χ2n) is 3.55. The van der Waals surface area contributed by atoms with Crippen LogP contribution < -0.4 is 10.5 Å². The summed E-state index contributed by atoms with van der Waals surface area (Å²) in [6, 6.07) is 3.92. The minimum absolute atomic E-state index is 0.270. The molecule has 0 aliphatic carbocycles. The fraction of sp³-hybridized carbons (Fsp3) is 0.273. The van der Waals surface area contributed by atoms with Gasteiger partial charge >= 0.3 is 0 Å². The van der Waals surface area contributed by atoms with Gasteiger partial charge in [0.1, 0.15) is 5.75 Å². The topological polar surface area (TPSA) is 74.2 Å². The molecule has 0 amide bonds. The molecular weight excluding hydrogens is 286 g/mol. The van der Waals surface area contributed by atoms with Crippen molar-refractivity contribution in [1.29, 1.82) is 0 Å². The highest BCUT2D eigenvalue weighted by atomic mass is 79.9. The number of aromatic nitrogens is 2. The van der Waals surface area contributed by atoms with Crippen molar-refractivity contribution in [2.45, 2.75) is 20.1 Å². The maximum absolute atomic E-state index is 5.69. The van der Waals surface area contributed by atoms with Gasteiger partial charge in [-0.15, -0.1) is 0 Å². The van der Waals surface area contributed by atoms with Crippen LogP contribution in [0.5, 0.6) is 5.75 Å². The van der Waals surface area contributed by atoms with Crippen LogP contribution in [0.25, 0.3) is 0 Å². The van der Waals surface area contributed by atoms with Gasteiger partial charge in [0.2, 0.25) is 12.2 Å². The van der Waals surface area contributed by atoms with E-state index in [4.69, 9.17) is 10.5 Å². The highest BCUT2D eigenvalue weighted by Crippen LogP contribution is 2.28. The third-order valence-corrected chi connectivity index (χ3v) is 2.75. The molecule has 0 spiro atoms. The molecule has 2 aromatic rings. The third kappa shape index (κ3) is 2.83. The molecule has 1 aromatic heterocycles. The Bertz CT molecular complexity index is 500. The van der Waals surface area contributed by atoms with E-state index in [-0.39, 0.29) is 6.61 Å². The van der Waals surface area contributed by atoms with Crippen LogP contribution in [0.15, 0.2) is 27.5 Å². The van der Waals surface area contributed by atoms with Crippen molar-refractivity contribution in [2.24, 2.45) is 5.73 Å². The number of halogens is 1. The lowest BCUT2D eigenvalue weighted by molar-refractivity contribution is 0.282. The van der Waals surface area contributed by atoms with Crippen LogP contribution in [0, 0.1) is 6.92 Å². The van der Waals surface area contributed by atoms with E-state index in [9.17, 15) is 0 Å². The fourth-order valence-electron chi connectivity index (χ4n) is 1.55. The molecule has 0 saturated carbocycles. The van der Waals surface area contributed by atoms with Gasteiger partial charge < -0.3 is 15.0 Å². The zero-order valence-electron chi connectivity index (χ0n) is 9.31. The third-order valence-electron chi connectivity index (χ3n) is 2.29. The van der Waals surface area contributed by atoms with Gasteiger partial charge in [-0.05, 0) is 24.6 Å². The summed E-state index contributed by atoms with van der Waals surface area (Å²) in [6.07, 6.45) is 1.27. The normalized spacial score (nSPS) is 10.5. The summed E-state index contributed by atoms with van der Waals surface area (Å²) >= 11 is 3.43. The highest BCUT2D eigenvalue weighted by molar-refractivity contribution is 9.10. The first-order valence-corrected chi connectivity index (χ1v) is 5.87. The van der Waals surface area contributed by atoms with E-state index in [1.807, 2.05) is 19.1 Å². The summed E-state index contributed by atoms with van der Waals surface area (Å²) in [6.45, 7) is 2.66. The zero-order chi connectivity index (χ0) is 12.3. The summed E-state index contributed by atoms with van der Waals surface area (Å²) in [5, 5.41) is 3.68. The number of hydrogen-bond acceptors (Lipinski definition) is 5. The van der Waals surface area contributed by atoms with Crippen molar-refractivity contribution in [1.82, 2.24) is 10.1 Å². The summed E-state index contributed by atoms with van der Waals surface area (Å²) in [4.78, 5) is 3.89. The molecule has 0 radical (unpaired) electrons. The quantitative estimate of drug-likeness (QED) is 0.936. The number of nitrogens with two attached hydrogens (primary N) is 1. The van der Waals surface area contributed by atoms with E-state index in [2.05, 4.69) is 30.6 Å². The molecule has 5 nitrogen and oxygen atoms in total. The second kappa shape index (κ2) is 5.29. The largest absolute Gasteiger partial charge is 0.485 e. The Labute approximate surface area is 107 Å². The lowest BCUT2D eigenvalue weighted by atomic mass is 10.1. The molecule has 17 heavy (non-hydrogen) atoms. The molecule has 90 valence electrons. The van der Waals surface area contributed by atoms with Crippen molar-refractivity contribution in [3.8, 4) is 5.75 Å². The standard InChI is InChI=1S/C11H12BrN3O2/c1-7-2-9(12)3-8(4-13)11(7)16-5-10-14-6-17-15-10/h2-3,6H,4-5,13H2,1H3. The van der Waals surface area contributed by atoms with Gasteiger partial charge in [0, 0.05) is 16.6 Å². The van der Waals surface area contributed by atoms with Crippen LogP contribution in [0.2, 0.25) is 0 Å². The molecule has 1 heterocycles. The summed E-state index contributed by atoms with van der Waals surface area (Å²) in [7, 11) is 0. The Morgan fingerprint density at radius 1 is 1.47 bits per heavy atom. The molecule has 2 N–H and O–H groups in total. The first kappa shape index (κ1) is 12.1. The van der Waals surface area contributed by atoms with E-state index in [1.165, 1.54) is 6.39 Å². The minimum atomic E-state index is 0.270. The van der Waals surface area contributed by atoms with Gasteiger partial charge in [-0.25, -0.2) is 0 Å². The van der Waals surface area contributed by atoms with Crippen LogP contribution in [0.3, 0.4) is 0 Å². The monoisotopic (exact) mass is 297 g/mol. The van der Waals surface area contributed by atoms with Gasteiger partial charge in [0.25, 0.3) is 0 Å². The predicted molar refractivity (Wildman–Crippen MR) is 65.4 cm³/mol. The van der Waals surface area contributed by atoms with E-state index in [0.717, 1.165) is 21.3 Å². The Kier molecular flexibility index (Phi) is 3.75. The molecule has 0 atom stereocenters. The Hall–Kier alpha value is -1.40. The maximum Gasteiger partial charge on any atom is 0.213 e. The van der Waals surface area contributed by atoms with Gasteiger partial charge in [0.05, 0.1) is 0 Å². The first-order chi connectivity index (χ1) is 8.20. The number of benzene rings is 1. The van der Waals surface area contributed by atoms with E-state index in [0.29, 0.717) is 12.4 Å². The summed E-state index contributed by atoms with van der Waals surface area (Å²) in [5.74, 6) is 1.29. The van der Waals surface area contributed by atoms with Crippen molar-refractivity contribution < 1.29 is 9.26 Å². The zero-order valence-corrected chi connectivity index (χ0v) is 10.9. The summed E-state index contributed by atoms with van der Waals surface area (Å²) < 4.78 is 11.3. The highest BCUT2D eigenvalue weighted by Gasteiger charge is 2.09. The molecule has 0 aliphatic heterocycles. The molecule has 0 aliphatic rings. The van der Waals surface area contributed by atoms with Crippen molar-refractivity contribution >= 4 is 15.9 Å². The van der Waals surface area contributed by atoms with E-state index >= 15 is 0 Å². The van der Waals surface area contributed by atoms with Gasteiger partial charge in [-0.1, -0.05) is 21.1 Å². The lowest BCUT2D eigenvalue weighted by Gasteiger charge is -2.12. The molecule has 0 bridgehead atoms. The predicted octanol–water partition coefficient (Wildman–Crippen LogP) is 2.18. The van der Waals surface area contributed by atoms with Crippen LogP contribution in [0.4, 0.5) is 0 Å². The molecule has 6 heteroatoms. The number of ether oxygens (including phenoxy) is 1. The fourth-order valence-corrected chi connectivity index (χ4v) is 2.17. The van der Waals surface area contributed by atoms with Crippen molar-refractivity contribution in [2.75, 3.05) is 0 Å². The SMILES string of the molecule is Cc1cc(Br)cc(CN)c1OCc1ncon1. The average Bonchev–Trinajstić information content (AvgIpc) is 2.79. The van der Waals surface area contributed by atoms with Crippen LogP contribution in [0.1, 0.15) is 17.0 Å². The van der Waals surface area contributed by atoms with Crippen LogP contribution >= 0.6 is 15.9 Å². The van der Waals surface area contributed by atoms with Crippen LogP contribution in [-0.2, 0) is 13.2 Å². The van der Waals surface area contributed by atoms with Crippen molar-refractivity contribution in [3.63, 3.8) is 0 Å². The van der Waals surface area contributed by atoms with Gasteiger partial charge in [0.15, 0.2) is 6.61 Å². The number of aryl methyl sites for hydroxylation is 1. The Morgan fingerprint density at radius 2 is 2.29 bits per heavy atom. The maximum atomic E-state index is 5.69. The number of nitrogens with zero attached hydrogens (tertiary/aromatic N) is 2. The molecule has 0 fully saturated rings. The lowest BCUT2D eigenvalue weighted by Crippen LogP contribution is -2.05. The van der Waals surface area contributed by atoms with Crippen molar-refractivity contribution in [3.05, 3.63) is 40.0 Å². The van der Waals surface area contributed by atoms with Crippen LogP contribution in [-0.4, -0.2) is 10.1 Å². The molecule has 1 aromatic carbocycles.